The van der Waals surface area contributed by atoms with Crippen LogP contribution >= 0.6 is 0 Å². The van der Waals surface area contributed by atoms with Crippen LogP contribution in [0.5, 0.6) is 0 Å². The van der Waals surface area contributed by atoms with Gasteiger partial charge in [-0.15, -0.1) is 0 Å². The molecule has 0 atom stereocenters. The first-order valence-electron chi connectivity index (χ1n) is 10.5. The summed E-state index contributed by atoms with van der Waals surface area (Å²) in [6, 6.07) is 7.84. The van der Waals surface area contributed by atoms with Crippen LogP contribution in [0.15, 0.2) is 28.8 Å². The highest BCUT2D eigenvalue weighted by Crippen LogP contribution is 2.41. The predicted molar refractivity (Wildman–Crippen MR) is 113 cm³/mol. The summed E-state index contributed by atoms with van der Waals surface area (Å²) in [5.41, 5.74) is 9.46. The van der Waals surface area contributed by atoms with Gasteiger partial charge >= 0.3 is 0 Å². The second-order valence-corrected chi connectivity index (χ2v) is 8.25. The molecule has 1 saturated carbocycles. The lowest BCUT2D eigenvalue weighted by Gasteiger charge is -2.18. The highest BCUT2D eigenvalue weighted by atomic mass is 16.5. The van der Waals surface area contributed by atoms with Crippen molar-refractivity contribution in [3.63, 3.8) is 0 Å². The zero-order valence-electron chi connectivity index (χ0n) is 16.8. The Kier molecular flexibility index (Phi) is 3.65. The van der Waals surface area contributed by atoms with E-state index in [-0.39, 0.29) is 0 Å². The number of rotatable bonds is 4. The van der Waals surface area contributed by atoms with Crippen LogP contribution in [0.25, 0.3) is 27.9 Å². The molecule has 4 aromatic rings. The molecule has 2 N–H and O–H groups in total. The van der Waals surface area contributed by atoms with Crippen molar-refractivity contribution in [1.29, 1.82) is 0 Å². The fourth-order valence-corrected chi connectivity index (χ4v) is 4.61. The highest BCUT2D eigenvalue weighted by molar-refractivity contribution is 6.10. The minimum Gasteiger partial charge on any atom is -0.366 e. The molecule has 0 unspecified atom stereocenters. The second-order valence-electron chi connectivity index (χ2n) is 8.25. The number of fused-ring (bicyclic) bond motifs is 3. The molecule has 152 valence electrons. The number of pyridine rings is 1. The van der Waals surface area contributed by atoms with E-state index in [0.717, 1.165) is 66.7 Å². The number of carbonyl (C=O) groups is 1. The first kappa shape index (κ1) is 17.4. The molecule has 1 amide bonds. The molecule has 8 nitrogen and oxygen atoms in total. The van der Waals surface area contributed by atoms with Gasteiger partial charge in [0.05, 0.1) is 16.6 Å². The molecule has 2 aliphatic rings. The monoisotopic (exact) mass is 402 g/mol. The summed E-state index contributed by atoms with van der Waals surface area (Å²) in [5, 5.41) is 5.06. The molecular formula is C22H22N6O2. The van der Waals surface area contributed by atoms with E-state index < -0.39 is 5.91 Å². The third kappa shape index (κ3) is 2.46. The van der Waals surface area contributed by atoms with Gasteiger partial charge in [-0.3, -0.25) is 9.20 Å². The van der Waals surface area contributed by atoms with Crippen molar-refractivity contribution in [3.05, 3.63) is 41.3 Å². The van der Waals surface area contributed by atoms with E-state index in [9.17, 15) is 4.79 Å². The van der Waals surface area contributed by atoms with Crippen molar-refractivity contribution in [2.75, 3.05) is 18.0 Å². The maximum Gasteiger partial charge on any atom is 0.249 e. The van der Waals surface area contributed by atoms with E-state index in [1.165, 1.54) is 0 Å². The molecule has 0 bridgehead atoms. The zero-order chi connectivity index (χ0) is 20.4. The number of nitrogens with zero attached hydrogens (tertiary/aromatic N) is 5. The number of carbonyl (C=O) groups excluding carboxylic acids is 1. The Bertz CT molecular complexity index is 1310. The average Bonchev–Trinajstić information content (AvgIpc) is 3.14. The van der Waals surface area contributed by atoms with E-state index in [1.807, 2.05) is 31.2 Å². The molecule has 30 heavy (non-hydrogen) atoms. The molecule has 8 heteroatoms. The number of primary amides is 1. The number of nitrogens with two attached hydrogens (primary N) is 1. The lowest BCUT2D eigenvalue weighted by molar-refractivity contribution is 0.100. The molecule has 3 aromatic heterocycles. The third-order valence-corrected chi connectivity index (χ3v) is 6.22. The third-order valence-electron chi connectivity index (χ3n) is 6.22. The number of benzene rings is 1. The molecule has 4 heterocycles. The maximum absolute atomic E-state index is 12.4. The van der Waals surface area contributed by atoms with Crippen molar-refractivity contribution < 1.29 is 9.32 Å². The first-order valence-corrected chi connectivity index (χ1v) is 10.5. The number of anilines is 1. The van der Waals surface area contributed by atoms with Gasteiger partial charge in [-0.05, 0) is 44.2 Å². The maximum atomic E-state index is 12.4. The van der Waals surface area contributed by atoms with Gasteiger partial charge < -0.3 is 15.2 Å². The number of aryl methyl sites for hydroxylation is 1. The summed E-state index contributed by atoms with van der Waals surface area (Å²) in [5.74, 6) is 1.90. The number of imidazole rings is 1. The quantitative estimate of drug-likeness (QED) is 0.561. The van der Waals surface area contributed by atoms with E-state index in [1.54, 1.807) is 0 Å². The summed E-state index contributed by atoms with van der Waals surface area (Å²) >= 11 is 0. The fourth-order valence-electron chi connectivity index (χ4n) is 4.61. The number of hydrogen-bond acceptors (Lipinski definition) is 6. The van der Waals surface area contributed by atoms with Gasteiger partial charge in [0.25, 0.3) is 0 Å². The fraction of sp³-hybridized carbons (Fsp3) is 0.364. The van der Waals surface area contributed by atoms with Gasteiger partial charge in [-0.1, -0.05) is 23.4 Å². The average molecular weight is 402 g/mol. The van der Waals surface area contributed by atoms with Crippen LogP contribution in [0.3, 0.4) is 0 Å². The summed E-state index contributed by atoms with van der Waals surface area (Å²) in [6.45, 7) is 3.81. The van der Waals surface area contributed by atoms with Crippen LogP contribution in [0.1, 0.15) is 53.4 Å². The summed E-state index contributed by atoms with van der Waals surface area (Å²) < 4.78 is 7.65. The molecule has 1 aliphatic heterocycles. The van der Waals surface area contributed by atoms with E-state index in [0.29, 0.717) is 28.9 Å². The van der Waals surface area contributed by atoms with Crippen molar-refractivity contribution in [2.24, 2.45) is 5.73 Å². The van der Waals surface area contributed by atoms with E-state index in [4.69, 9.17) is 15.2 Å². The Labute approximate surface area is 172 Å². The van der Waals surface area contributed by atoms with Crippen LogP contribution in [-0.4, -0.2) is 38.5 Å². The number of hydrogen-bond donors (Lipinski definition) is 1. The molecular weight excluding hydrogens is 380 g/mol. The van der Waals surface area contributed by atoms with Gasteiger partial charge in [-0.2, -0.15) is 4.98 Å². The molecule has 0 spiro atoms. The van der Waals surface area contributed by atoms with Crippen LogP contribution < -0.4 is 10.6 Å². The molecule has 0 radical (unpaired) electrons. The number of aromatic nitrogens is 4. The van der Waals surface area contributed by atoms with E-state index in [2.05, 4.69) is 19.4 Å². The van der Waals surface area contributed by atoms with Crippen LogP contribution in [0.4, 0.5) is 5.95 Å². The highest BCUT2D eigenvalue weighted by Gasteiger charge is 2.32. The molecule has 6 rings (SSSR count). The topological polar surface area (TPSA) is 103 Å². The van der Waals surface area contributed by atoms with Gasteiger partial charge in [0, 0.05) is 24.4 Å². The first-order chi connectivity index (χ1) is 14.6. The van der Waals surface area contributed by atoms with Crippen LogP contribution in [0.2, 0.25) is 0 Å². The normalized spacial score (nSPS) is 16.8. The Hall–Kier alpha value is -3.42. The van der Waals surface area contributed by atoms with Crippen LogP contribution in [0, 0.1) is 6.92 Å². The van der Waals surface area contributed by atoms with Gasteiger partial charge in [-0.25, -0.2) is 4.98 Å². The summed E-state index contributed by atoms with van der Waals surface area (Å²) in [7, 11) is 0. The minimum absolute atomic E-state index is 0.362. The second kappa shape index (κ2) is 6.29. The molecule has 1 aliphatic carbocycles. The van der Waals surface area contributed by atoms with E-state index >= 15 is 0 Å². The minimum atomic E-state index is -0.451. The number of amides is 1. The SMILES string of the molecule is Cc1c(C(N)=O)c2ccccc2n2c(N3CCCC3)nc(-c3noc(C4CC4)n3)c12. The standard InChI is InChI=1S/C22H22N6O2/c1-12-16(19(23)29)14-6-2-3-7-15(14)28-18(12)17(24-22(28)27-10-4-5-11-27)20-25-21(30-26-20)13-8-9-13/h2-3,6-7,13H,4-5,8-11H2,1H3,(H2,23,29). The van der Waals surface area contributed by atoms with Crippen molar-refractivity contribution in [2.45, 2.75) is 38.5 Å². The lowest BCUT2D eigenvalue weighted by atomic mass is 10.0. The molecule has 1 saturated heterocycles. The molecule has 2 fully saturated rings. The lowest BCUT2D eigenvalue weighted by Crippen LogP contribution is -2.21. The van der Waals surface area contributed by atoms with Gasteiger partial charge in [0.2, 0.25) is 23.6 Å². The Morgan fingerprint density at radius 1 is 1.17 bits per heavy atom. The van der Waals surface area contributed by atoms with Crippen molar-refractivity contribution in [3.8, 4) is 11.5 Å². The summed E-state index contributed by atoms with van der Waals surface area (Å²) in [6.07, 6.45) is 4.43. The van der Waals surface area contributed by atoms with Gasteiger partial charge in [0.15, 0.2) is 0 Å². The van der Waals surface area contributed by atoms with Gasteiger partial charge in [0.1, 0.15) is 5.69 Å². The largest absolute Gasteiger partial charge is 0.366 e. The summed E-state index contributed by atoms with van der Waals surface area (Å²) in [4.78, 5) is 24.3. The number of para-hydroxylation sites is 1. The Morgan fingerprint density at radius 2 is 1.93 bits per heavy atom. The van der Waals surface area contributed by atoms with Crippen LogP contribution in [-0.2, 0) is 0 Å². The zero-order valence-corrected chi connectivity index (χ0v) is 16.8. The van der Waals surface area contributed by atoms with Crippen molar-refractivity contribution >= 4 is 28.3 Å². The molecule has 1 aromatic carbocycles. The predicted octanol–water partition coefficient (Wildman–Crippen LogP) is 3.42. The Morgan fingerprint density at radius 3 is 2.67 bits per heavy atom. The smallest absolute Gasteiger partial charge is 0.249 e. The Balaban J connectivity index is 1.72. The van der Waals surface area contributed by atoms with Crippen molar-refractivity contribution in [1.82, 2.24) is 19.5 Å².